The lowest BCUT2D eigenvalue weighted by molar-refractivity contribution is 0.222. The molecular weight excluding hydrogens is 236 g/mol. The van der Waals surface area contributed by atoms with Gasteiger partial charge in [0.15, 0.2) is 0 Å². The number of nitrogens with one attached hydrogen (secondary N) is 1. The van der Waals surface area contributed by atoms with Crippen LogP contribution in [0.4, 0.5) is 0 Å². The molecule has 1 saturated heterocycles. The second kappa shape index (κ2) is 6.92. The van der Waals surface area contributed by atoms with Crippen LogP contribution >= 0.6 is 0 Å². The van der Waals surface area contributed by atoms with Crippen LogP contribution in [0.15, 0.2) is 24.3 Å². The molecule has 2 atom stereocenters. The first-order valence-corrected chi connectivity index (χ1v) is 7.34. The van der Waals surface area contributed by atoms with Crippen molar-refractivity contribution in [3.63, 3.8) is 0 Å². The third-order valence-corrected chi connectivity index (χ3v) is 4.25. The van der Waals surface area contributed by atoms with E-state index in [2.05, 4.69) is 29.3 Å². The normalized spacial score (nSPS) is 21.5. The molecular formula is C16H26N2O. The second-order valence-electron chi connectivity index (χ2n) is 5.28. The number of para-hydroxylation sites is 1. The molecule has 106 valence electrons. The Morgan fingerprint density at radius 1 is 1.42 bits per heavy atom. The smallest absolute Gasteiger partial charge is 0.123 e. The van der Waals surface area contributed by atoms with Crippen LogP contribution in [0.5, 0.6) is 5.75 Å². The molecule has 1 heterocycles. The molecule has 3 heteroatoms. The van der Waals surface area contributed by atoms with Gasteiger partial charge in [-0.3, -0.25) is 4.90 Å². The molecule has 1 N–H and O–H groups in total. The number of hydrogen-bond acceptors (Lipinski definition) is 3. The number of hydrogen-bond donors (Lipinski definition) is 1. The minimum atomic E-state index is 0.336. The second-order valence-corrected chi connectivity index (χ2v) is 5.28. The summed E-state index contributed by atoms with van der Waals surface area (Å²) >= 11 is 0. The lowest BCUT2D eigenvalue weighted by Crippen LogP contribution is -2.37. The van der Waals surface area contributed by atoms with Gasteiger partial charge in [-0.05, 0) is 38.9 Å². The van der Waals surface area contributed by atoms with E-state index in [-0.39, 0.29) is 0 Å². The average Bonchev–Trinajstić information content (AvgIpc) is 2.92. The van der Waals surface area contributed by atoms with Gasteiger partial charge in [-0.1, -0.05) is 25.1 Å². The Morgan fingerprint density at radius 3 is 2.89 bits per heavy atom. The number of ether oxygens (including phenoxy) is 1. The topological polar surface area (TPSA) is 24.5 Å². The van der Waals surface area contributed by atoms with Crippen molar-refractivity contribution in [2.75, 3.05) is 27.2 Å². The van der Waals surface area contributed by atoms with Crippen LogP contribution in [0, 0.1) is 0 Å². The maximum absolute atomic E-state index is 5.49. The van der Waals surface area contributed by atoms with E-state index < -0.39 is 0 Å². The van der Waals surface area contributed by atoms with E-state index in [1.54, 1.807) is 7.11 Å². The minimum Gasteiger partial charge on any atom is -0.496 e. The molecule has 1 aliphatic heterocycles. The molecule has 0 spiro atoms. The molecule has 0 aliphatic carbocycles. The molecule has 1 aliphatic rings. The molecule has 1 aromatic rings. The predicted molar refractivity (Wildman–Crippen MR) is 79.7 cm³/mol. The summed E-state index contributed by atoms with van der Waals surface area (Å²) in [5.74, 6) is 0.981. The van der Waals surface area contributed by atoms with Gasteiger partial charge >= 0.3 is 0 Å². The summed E-state index contributed by atoms with van der Waals surface area (Å²) in [6, 6.07) is 9.41. The molecule has 2 rings (SSSR count). The number of methoxy groups -OCH3 is 1. The van der Waals surface area contributed by atoms with Crippen LogP contribution in [0.1, 0.15) is 37.8 Å². The van der Waals surface area contributed by atoms with Gasteiger partial charge in [0.1, 0.15) is 5.75 Å². The molecule has 3 nitrogen and oxygen atoms in total. The first kappa shape index (κ1) is 14.4. The van der Waals surface area contributed by atoms with E-state index in [1.807, 2.05) is 19.2 Å². The highest BCUT2D eigenvalue weighted by atomic mass is 16.5. The molecule has 0 amide bonds. The van der Waals surface area contributed by atoms with E-state index in [4.69, 9.17) is 4.74 Å². The minimum absolute atomic E-state index is 0.336. The number of likely N-dealkylation sites (tertiary alicyclic amines) is 1. The molecule has 0 radical (unpaired) electrons. The Hall–Kier alpha value is -1.06. The van der Waals surface area contributed by atoms with Crippen LogP contribution in [0.2, 0.25) is 0 Å². The van der Waals surface area contributed by atoms with Gasteiger partial charge in [0.25, 0.3) is 0 Å². The van der Waals surface area contributed by atoms with Crippen molar-refractivity contribution in [1.82, 2.24) is 10.2 Å². The highest BCUT2D eigenvalue weighted by Gasteiger charge is 2.26. The van der Waals surface area contributed by atoms with E-state index in [1.165, 1.54) is 31.4 Å². The number of rotatable bonds is 6. The van der Waals surface area contributed by atoms with E-state index in [0.29, 0.717) is 6.04 Å². The van der Waals surface area contributed by atoms with Gasteiger partial charge in [-0.2, -0.15) is 0 Å². The van der Waals surface area contributed by atoms with Crippen molar-refractivity contribution < 1.29 is 4.74 Å². The molecule has 1 aromatic carbocycles. The number of nitrogens with zero attached hydrogens (tertiary/aromatic N) is 1. The van der Waals surface area contributed by atoms with Crippen LogP contribution in [-0.2, 0) is 0 Å². The van der Waals surface area contributed by atoms with E-state index in [9.17, 15) is 0 Å². The number of likely N-dealkylation sites (N-methyl/N-ethyl adjacent to an activating group) is 1. The van der Waals surface area contributed by atoms with Gasteiger partial charge < -0.3 is 10.1 Å². The Labute approximate surface area is 116 Å². The van der Waals surface area contributed by atoms with Crippen molar-refractivity contribution in [3.8, 4) is 5.75 Å². The molecule has 2 unspecified atom stereocenters. The molecule has 0 saturated carbocycles. The van der Waals surface area contributed by atoms with Crippen LogP contribution < -0.4 is 10.1 Å². The lowest BCUT2D eigenvalue weighted by atomic mass is 10.0. The largest absolute Gasteiger partial charge is 0.496 e. The summed E-state index contributed by atoms with van der Waals surface area (Å²) in [6.07, 6.45) is 3.93. The van der Waals surface area contributed by atoms with Gasteiger partial charge in [0.2, 0.25) is 0 Å². The maximum atomic E-state index is 5.49. The van der Waals surface area contributed by atoms with Crippen molar-refractivity contribution in [1.29, 1.82) is 0 Å². The van der Waals surface area contributed by atoms with Gasteiger partial charge in [-0.25, -0.2) is 0 Å². The summed E-state index contributed by atoms with van der Waals surface area (Å²) < 4.78 is 5.49. The highest BCUT2D eigenvalue weighted by Crippen LogP contribution is 2.28. The Morgan fingerprint density at radius 2 is 2.21 bits per heavy atom. The Bertz CT molecular complexity index is 394. The van der Waals surface area contributed by atoms with E-state index >= 15 is 0 Å². The van der Waals surface area contributed by atoms with Gasteiger partial charge in [-0.15, -0.1) is 0 Å². The third kappa shape index (κ3) is 3.28. The standard InChI is InChI=1S/C16H26N2O/c1-4-13-8-7-11-18(13)12-15(17-2)14-9-5-6-10-16(14)19-3/h5-6,9-10,13,15,17H,4,7-8,11-12H2,1-3H3. The van der Waals surface area contributed by atoms with Crippen molar-refractivity contribution >= 4 is 0 Å². The Kier molecular flexibility index (Phi) is 5.23. The fourth-order valence-electron chi connectivity index (χ4n) is 3.13. The summed E-state index contributed by atoms with van der Waals surface area (Å²) in [6.45, 7) is 4.59. The summed E-state index contributed by atoms with van der Waals surface area (Å²) in [7, 11) is 3.78. The van der Waals surface area contributed by atoms with Crippen LogP contribution in [0.25, 0.3) is 0 Å². The Balaban J connectivity index is 2.11. The first-order valence-electron chi connectivity index (χ1n) is 7.34. The third-order valence-electron chi connectivity index (χ3n) is 4.25. The summed E-state index contributed by atoms with van der Waals surface area (Å²) in [5, 5.41) is 3.44. The monoisotopic (exact) mass is 262 g/mol. The molecule has 19 heavy (non-hydrogen) atoms. The van der Waals surface area contributed by atoms with Crippen molar-refractivity contribution in [2.45, 2.75) is 38.3 Å². The lowest BCUT2D eigenvalue weighted by Gasteiger charge is -2.29. The summed E-state index contributed by atoms with van der Waals surface area (Å²) in [5.41, 5.74) is 1.26. The quantitative estimate of drug-likeness (QED) is 0.853. The van der Waals surface area contributed by atoms with Crippen LogP contribution in [0.3, 0.4) is 0 Å². The zero-order valence-electron chi connectivity index (χ0n) is 12.4. The van der Waals surface area contributed by atoms with Gasteiger partial charge in [0, 0.05) is 24.2 Å². The number of benzene rings is 1. The summed E-state index contributed by atoms with van der Waals surface area (Å²) in [4.78, 5) is 2.62. The van der Waals surface area contributed by atoms with Gasteiger partial charge in [0.05, 0.1) is 7.11 Å². The fourth-order valence-corrected chi connectivity index (χ4v) is 3.13. The molecule has 0 bridgehead atoms. The predicted octanol–water partition coefficient (Wildman–Crippen LogP) is 2.83. The van der Waals surface area contributed by atoms with Crippen molar-refractivity contribution in [3.05, 3.63) is 29.8 Å². The van der Waals surface area contributed by atoms with E-state index in [0.717, 1.165) is 18.3 Å². The van der Waals surface area contributed by atoms with Crippen LogP contribution in [-0.4, -0.2) is 38.2 Å². The SMILES string of the molecule is CCC1CCCN1CC(NC)c1ccccc1OC. The average molecular weight is 262 g/mol. The zero-order chi connectivity index (χ0) is 13.7. The van der Waals surface area contributed by atoms with Crippen molar-refractivity contribution in [2.24, 2.45) is 0 Å². The fraction of sp³-hybridized carbons (Fsp3) is 0.625. The molecule has 1 fully saturated rings. The highest BCUT2D eigenvalue weighted by molar-refractivity contribution is 5.36. The zero-order valence-corrected chi connectivity index (χ0v) is 12.4. The first-order chi connectivity index (χ1) is 9.30. The maximum Gasteiger partial charge on any atom is 0.123 e. The molecule has 0 aromatic heterocycles.